The van der Waals surface area contributed by atoms with Gasteiger partial charge in [-0.15, -0.1) is 0 Å². The Balaban J connectivity index is 2.12. The highest BCUT2D eigenvalue weighted by molar-refractivity contribution is 6.40. The van der Waals surface area contributed by atoms with Crippen LogP contribution in [0.1, 0.15) is 11.5 Å². The molecule has 0 aliphatic carbocycles. The molecule has 2 rings (SSSR count). The minimum Gasteiger partial charge on any atom is -0.483 e. The molecule has 0 fully saturated rings. The smallest absolute Gasteiger partial charge is 0.348 e. The molecule has 0 radical (unpaired) electrons. The van der Waals surface area contributed by atoms with Crippen molar-refractivity contribution in [3.63, 3.8) is 0 Å². The van der Waals surface area contributed by atoms with Crippen molar-refractivity contribution < 1.29 is 18.7 Å². The van der Waals surface area contributed by atoms with Gasteiger partial charge in [0.25, 0.3) is 0 Å². The van der Waals surface area contributed by atoms with Crippen molar-refractivity contribution in [2.45, 2.75) is 6.61 Å². The van der Waals surface area contributed by atoms with E-state index in [2.05, 4.69) is 4.74 Å². The van der Waals surface area contributed by atoms with Gasteiger partial charge in [0.2, 0.25) is 0 Å². The lowest BCUT2D eigenvalue weighted by Crippen LogP contribution is -2.02. The van der Waals surface area contributed by atoms with E-state index in [1.807, 2.05) is 0 Å². The minimum absolute atomic E-state index is 0.0506. The van der Waals surface area contributed by atoms with Gasteiger partial charge in [-0.3, -0.25) is 0 Å². The van der Waals surface area contributed by atoms with Gasteiger partial charge >= 0.3 is 5.97 Å². The fourth-order valence-corrected chi connectivity index (χ4v) is 2.67. The molecule has 0 N–H and O–H groups in total. The van der Waals surface area contributed by atoms with Crippen molar-refractivity contribution in [3.05, 3.63) is 56.4 Å². The van der Waals surface area contributed by atoms with Crippen molar-refractivity contribution in [1.82, 2.24) is 0 Å². The fourth-order valence-electron chi connectivity index (χ4n) is 1.75. The second kappa shape index (κ2) is 8.11. The second-order valence-corrected chi connectivity index (χ2v) is 5.70. The zero-order valence-corrected chi connectivity index (χ0v) is 14.6. The number of ether oxygens (including phenoxy) is 2. The molecular formula is C16H10Cl3NO4. The molecule has 0 unspecified atom stereocenters. The molecule has 0 bridgehead atoms. The Kier molecular flexibility index (Phi) is 6.16. The van der Waals surface area contributed by atoms with Crippen LogP contribution >= 0.6 is 34.8 Å². The Morgan fingerprint density at radius 1 is 1.29 bits per heavy atom. The van der Waals surface area contributed by atoms with E-state index in [0.29, 0.717) is 16.5 Å². The number of nitriles is 1. The number of rotatable bonds is 5. The molecule has 124 valence electrons. The third-order valence-corrected chi connectivity index (χ3v) is 3.60. The van der Waals surface area contributed by atoms with E-state index < -0.39 is 5.97 Å². The Bertz CT molecular complexity index is 813. The molecule has 1 heterocycles. The van der Waals surface area contributed by atoms with Gasteiger partial charge in [-0.05, 0) is 24.3 Å². The first-order valence-corrected chi connectivity index (χ1v) is 7.64. The third-order valence-electron chi connectivity index (χ3n) is 2.82. The van der Waals surface area contributed by atoms with E-state index in [1.165, 1.54) is 25.3 Å². The Hall–Kier alpha value is -2.13. The second-order valence-electron chi connectivity index (χ2n) is 4.45. The van der Waals surface area contributed by atoms with Crippen molar-refractivity contribution in [2.24, 2.45) is 0 Å². The minimum atomic E-state index is -0.744. The normalized spacial score (nSPS) is 11.0. The van der Waals surface area contributed by atoms with E-state index in [0.717, 1.165) is 0 Å². The summed E-state index contributed by atoms with van der Waals surface area (Å²) in [6, 6.07) is 7.98. The van der Waals surface area contributed by atoms with Crippen LogP contribution in [0, 0.1) is 11.3 Å². The van der Waals surface area contributed by atoms with Crippen molar-refractivity contribution in [3.8, 4) is 11.8 Å². The van der Waals surface area contributed by atoms with Gasteiger partial charge in [0.15, 0.2) is 5.75 Å². The number of halogens is 3. The van der Waals surface area contributed by atoms with Crippen LogP contribution < -0.4 is 4.74 Å². The maximum atomic E-state index is 11.3. The predicted molar refractivity (Wildman–Crippen MR) is 90.1 cm³/mol. The lowest BCUT2D eigenvalue weighted by Gasteiger charge is -2.08. The highest BCUT2D eigenvalue weighted by Gasteiger charge is 2.12. The summed E-state index contributed by atoms with van der Waals surface area (Å²) in [6.45, 7) is 0.0506. The molecule has 0 spiro atoms. The predicted octanol–water partition coefficient (Wildman–Crippen LogP) is 4.90. The topological polar surface area (TPSA) is 72.5 Å². The average molecular weight is 387 g/mol. The van der Waals surface area contributed by atoms with Crippen LogP contribution in [0.25, 0.3) is 6.08 Å². The Morgan fingerprint density at radius 2 is 1.96 bits per heavy atom. The van der Waals surface area contributed by atoms with Crippen LogP contribution in [0.2, 0.25) is 15.1 Å². The first-order valence-electron chi connectivity index (χ1n) is 6.50. The quantitative estimate of drug-likeness (QED) is 0.415. The monoisotopic (exact) mass is 385 g/mol. The molecule has 0 aliphatic heterocycles. The Morgan fingerprint density at radius 3 is 2.54 bits per heavy atom. The zero-order chi connectivity index (χ0) is 17.7. The van der Waals surface area contributed by atoms with Gasteiger partial charge in [0.05, 0.1) is 17.2 Å². The number of benzene rings is 1. The summed E-state index contributed by atoms with van der Waals surface area (Å²) in [5.74, 6) is 0.296. The van der Waals surface area contributed by atoms with E-state index in [4.69, 9.17) is 49.2 Å². The van der Waals surface area contributed by atoms with Crippen LogP contribution in [0.4, 0.5) is 0 Å². The number of methoxy groups -OCH3 is 1. The van der Waals surface area contributed by atoms with Crippen LogP contribution in [-0.2, 0) is 16.1 Å². The summed E-state index contributed by atoms with van der Waals surface area (Å²) >= 11 is 17.9. The molecule has 0 saturated carbocycles. The number of hydrogen-bond donors (Lipinski definition) is 0. The van der Waals surface area contributed by atoms with E-state index in [-0.39, 0.29) is 28.0 Å². The van der Waals surface area contributed by atoms with Crippen molar-refractivity contribution >= 4 is 46.8 Å². The number of hydrogen-bond acceptors (Lipinski definition) is 5. The number of carbonyl (C=O) groups is 1. The lowest BCUT2D eigenvalue weighted by atomic mass is 10.2. The number of nitrogens with zero attached hydrogens (tertiary/aromatic N) is 1. The summed E-state index contributed by atoms with van der Waals surface area (Å²) in [5, 5.41) is 9.85. The fraction of sp³-hybridized carbons (Fsp3) is 0.125. The van der Waals surface area contributed by atoms with Gasteiger partial charge in [-0.1, -0.05) is 34.8 Å². The SMILES string of the molecule is COC(=O)C(C#N)=Cc1ccc(COc2c(Cl)cc(Cl)cc2Cl)o1. The summed E-state index contributed by atoms with van der Waals surface area (Å²) in [4.78, 5) is 11.3. The van der Waals surface area contributed by atoms with Crippen molar-refractivity contribution in [1.29, 1.82) is 5.26 Å². The first-order chi connectivity index (χ1) is 11.4. The first kappa shape index (κ1) is 18.2. The van der Waals surface area contributed by atoms with E-state index >= 15 is 0 Å². The molecule has 5 nitrogen and oxygen atoms in total. The molecular weight excluding hydrogens is 377 g/mol. The summed E-state index contributed by atoms with van der Waals surface area (Å²) in [7, 11) is 1.19. The van der Waals surface area contributed by atoms with Crippen LogP contribution in [0.5, 0.6) is 5.75 Å². The van der Waals surface area contributed by atoms with Gasteiger partial charge in [-0.2, -0.15) is 5.26 Å². The van der Waals surface area contributed by atoms with Gasteiger partial charge in [-0.25, -0.2) is 4.79 Å². The zero-order valence-electron chi connectivity index (χ0n) is 12.3. The average Bonchev–Trinajstić information content (AvgIpc) is 2.98. The number of carbonyl (C=O) groups excluding carboxylic acids is 1. The maximum absolute atomic E-state index is 11.3. The number of furan rings is 1. The molecule has 1 aromatic heterocycles. The highest BCUT2D eigenvalue weighted by atomic mass is 35.5. The summed E-state index contributed by atoms with van der Waals surface area (Å²) < 4.78 is 15.5. The number of esters is 1. The Labute approximate surface area is 152 Å². The summed E-state index contributed by atoms with van der Waals surface area (Å²) in [5.41, 5.74) is -0.178. The van der Waals surface area contributed by atoms with Gasteiger partial charge in [0, 0.05) is 11.1 Å². The molecule has 8 heteroatoms. The molecule has 0 atom stereocenters. The van der Waals surface area contributed by atoms with Gasteiger partial charge < -0.3 is 13.9 Å². The van der Waals surface area contributed by atoms with Crippen LogP contribution in [0.15, 0.2) is 34.3 Å². The maximum Gasteiger partial charge on any atom is 0.348 e. The highest BCUT2D eigenvalue weighted by Crippen LogP contribution is 2.36. The van der Waals surface area contributed by atoms with Gasteiger partial charge in [0.1, 0.15) is 29.8 Å². The summed E-state index contributed by atoms with van der Waals surface area (Å²) in [6.07, 6.45) is 1.28. The third kappa shape index (κ3) is 4.45. The van der Waals surface area contributed by atoms with Crippen molar-refractivity contribution in [2.75, 3.05) is 7.11 Å². The standard InChI is InChI=1S/C16H10Cl3NO4/c1-22-16(21)9(7-20)4-11-2-3-12(24-11)8-23-15-13(18)5-10(17)6-14(15)19/h2-6H,8H2,1H3. The van der Waals surface area contributed by atoms with E-state index in [9.17, 15) is 4.79 Å². The van der Waals surface area contributed by atoms with E-state index in [1.54, 1.807) is 18.2 Å². The molecule has 0 aliphatic rings. The lowest BCUT2D eigenvalue weighted by molar-refractivity contribution is -0.135. The molecule has 1 aromatic carbocycles. The van der Waals surface area contributed by atoms with Crippen LogP contribution in [-0.4, -0.2) is 13.1 Å². The molecule has 2 aromatic rings. The molecule has 0 saturated heterocycles. The molecule has 0 amide bonds. The largest absolute Gasteiger partial charge is 0.483 e. The van der Waals surface area contributed by atoms with Crippen LogP contribution in [0.3, 0.4) is 0 Å². The molecule has 24 heavy (non-hydrogen) atoms.